The molecule has 0 aromatic heterocycles. The molecule has 0 fully saturated rings. The molecule has 0 unspecified atom stereocenters. The van der Waals surface area contributed by atoms with Gasteiger partial charge in [0, 0.05) is 12.6 Å². The number of nitrogens with zero attached hydrogens (tertiary/aromatic N) is 1. The van der Waals surface area contributed by atoms with E-state index in [0.29, 0.717) is 18.7 Å². The maximum absolute atomic E-state index is 14.6. The van der Waals surface area contributed by atoms with Gasteiger partial charge in [-0.3, -0.25) is 9.10 Å². The summed E-state index contributed by atoms with van der Waals surface area (Å²) < 4.78 is 52.6. The van der Waals surface area contributed by atoms with Gasteiger partial charge in [-0.25, -0.2) is 12.8 Å². The van der Waals surface area contributed by atoms with Gasteiger partial charge >= 0.3 is 0 Å². The number of hydrogen-bond acceptors (Lipinski definition) is 5. The Kier molecular flexibility index (Phi) is 7.89. The van der Waals surface area contributed by atoms with Gasteiger partial charge in [-0.05, 0) is 36.2 Å². The molecule has 0 bridgehead atoms. The predicted molar refractivity (Wildman–Crippen MR) is 124 cm³/mol. The normalized spacial score (nSPS) is 11.0. The van der Waals surface area contributed by atoms with Crippen LogP contribution in [0.1, 0.15) is 5.56 Å². The molecule has 33 heavy (non-hydrogen) atoms. The molecule has 7 nitrogen and oxygen atoms in total. The van der Waals surface area contributed by atoms with Crippen LogP contribution in [0.4, 0.5) is 10.1 Å². The molecule has 1 N–H and O–H groups in total. The van der Waals surface area contributed by atoms with E-state index in [1.54, 1.807) is 0 Å². The number of carbonyl (C=O) groups is 1. The van der Waals surface area contributed by atoms with Crippen molar-refractivity contribution in [1.82, 2.24) is 5.32 Å². The summed E-state index contributed by atoms with van der Waals surface area (Å²) in [5, 5.41) is 2.70. The van der Waals surface area contributed by atoms with E-state index in [-0.39, 0.29) is 16.3 Å². The van der Waals surface area contributed by atoms with E-state index < -0.39 is 28.3 Å². The molecule has 0 atom stereocenters. The predicted octanol–water partition coefficient (Wildman–Crippen LogP) is 3.40. The summed E-state index contributed by atoms with van der Waals surface area (Å²) in [5.74, 6) is -0.788. The van der Waals surface area contributed by atoms with Gasteiger partial charge in [0.05, 0.1) is 24.8 Å². The zero-order valence-electron chi connectivity index (χ0n) is 18.3. The van der Waals surface area contributed by atoms with E-state index in [0.717, 1.165) is 15.9 Å². The molecular weight excluding hydrogens is 447 g/mol. The number of para-hydroxylation sites is 1. The first-order valence-electron chi connectivity index (χ1n) is 10.2. The fraction of sp³-hybridized carbons (Fsp3) is 0.208. The van der Waals surface area contributed by atoms with Crippen LogP contribution in [0.3, 0.4) is 0 Å². The van der Waals surface area contributed by atoms with E-state index in [1.165, 1.54) is 50.6 Å². The van der Waals surface area contributed by atoms with Crippen molar-refractivity contribution in [3.63, 3.8) is 0 Å². The molecule has 1 amide bonds. The third-order valence-corrected chi connectivity index (χ3v) is 6.69. The summed E-state index contributed by atoms with van der Waals surface area (Å²) in [5.41, 5.74) is 0.798. The lowest BCUT2D eigenvalue weighted by Gasteiger charge is -2.25. The Morgan fingerprint density at radius 2 is 1.61 bits per heavy atom. The molecule has 9 heteroatoms. The molecule has 3 aromatic carbocycles. The molecule has 0 aliphatic carbocycles. The molecule has 3 rings (SSSR count). The van der Waals surface area contributed by atoms with E-state index >= 15 is 0 Å². The van der Waals surface area contributed by atoms with Crippen LogP contribution in [-0.2, 0) is 21.2 Å². The van der Waals surface area contributed by atoms with Crippen molar-refractivity contribution in [2.24, 2.45) is 0 Å². The Labute approximate surface area is 192 Å². The van der Waals surface area contributed by atoms with Crippen molar-refractivity contribution in [2.75, 3.05) is 31.6 Å². The average molecular weight is 473 g/mol. The zero-order valence-corrected chi connectivity index (χ0v) is 19.1. The highest BCUT2D eigenvalue weighted by Gasteiger charge is 2.30. The lowest BCUT2D eigenvalue weighted by Crippen LogP contribution is -2.41. The SMILES string of the molecule is COc1ccc(S(=O)(=O)N(CC(=O)NCCc2ccccc2)c2ccccc2F)cc1OC. The third-order valence-electron chi connectivity index (χ3n) is 4.93. The summed E-state index contributed by atoms with van der Waals surface area (Å²) in [6.07, 6.45) is 0.578. The Hall–Kier alpha value is -3.59. The van der Waals surface area contributed by atoms with Crippen LogP contribution in [0.5, 0.6) is 11.5 Å². The molecule has 0 saturated heterocycles. The average Bonchev–Trinajstić information content (AvgIpc) is 2.83. The second kappa shape index (κ2) is 10.8. The maximum Gasteiger partial charge on any atom is 0.265 e. The first kappa shape index (κ1) is 24.1. The lowest BCUT2D eigenvalue weighted by molar-refractivity contribution is -0.119. The van der Waals surface area contributed by atoms with Crippen molar-refractivity contribution < 1.29 is 27.1 Å². The zero-order chi connectivity index (χ0) is 23.8. The number of rotatable bonds is 10. The number of amides is 1. The number of methoxy groups -OCH3 is 2. The van der Waals surface area contributed by atoms with E-state index in [9.17, 15) is 17.6 Å². The maximum atomic E-state index is 14.6. The molecule has 0 spiro atoms. The molecule has 0 saturated carbocycles. The number of anilines is 1. The second-order valence-electron chi connectivity index (χ2n) is 7.07. The topological polar surface area (TPSA) is 84.9 Å². The largest absolute Gasteiger partial charge is 0.493 e. The van der Waals surface area contributed by atoms with Crippen LogP contribution < -0.4 is 19.1 Å². The van der Waals surface area contributed by atoms with Crippen LogP contribution in [0.25, 0.3) is 0 Å². The molecule has 174 valence electrons. The summed E-state index contributed by atoms with van der Waals surface area (Å²) in [6.45, 7) is -0.281. The Morgan fingerprint density at radius 3 is 2.27 bits per heavy atom. The Morgan fingerprint density at radius 1 is 0.939 bits per heavy atom. The summed E-state index contributed by atoms with van der Waals surface area (Å²) in [7, 11) is -1.50. The van der Waals surface area contributed by atoms with Crippen LogP contribution in [0.15, 0.2) is 77.7 Å². The molecule has 0 heterocycles. The van der Waals surface area contributed by atoms with Gasteiger partial charge in [0.15, 0.2) is 11.5 Å². The molecular formula is C24H25FN2O5S. The minimum atomic E-state index is -4.31. The quantitative estimate of drug-likeness (QED) is 0.489. The van der Waals surface area contributed by atoms with Crippen LogP contribution >= 0.6 is 0 Å². The van der Waals surface area contributed by atoms with Gasteiger partial charge in [-0.1, -0.05) is 42.5 Å². The fourth-order valence-electron chi connectivity index (χ4n) is 3.24. The number of carbonyl (C=O) groups excluding carboxylic acids is 1. The fourth-order valence-corrected chi connectivity index (χ4v) is 4.68. The number of hydrogen-bond donors (Lipinski definition) is 1. The van der Waals surface area contributed by atoms with Gasteiger partial charge in [-0.2, -0.15) is 0 Å². The van der Waals surface area contributed by atoms with Crippen LogP contribution in [-0.4, -0.2) is 41.6 Å². The minimum Gasteiger partial charge on any atom is -0.493 e. The molecule has 3 aromatic rings. The Balaban J connectivity index is 1.87. The van der Waals surface area contributed by atoms with E-state index in [2.05, 4.69) is 5.32 Å². The van der Waals surface area contributed by atoms with E-state index in [4.69, 9.17) is 9.47 Å². The number of halogens is 1. The van der Waals surface area contributed by atoms with Crippen LogP contribution in [0, 0.1) is 5.82 Å². The van der Waals surface area contributed by atoms with Crippen molar-refractivity contribution >= 4 is 21.6 Å². The van der Waals surface area contributed by atoms with Gasteiger partial charge in [0.25, 0.3) is 10.0 Å². The monoisotopic (exact) mass is 472 g/mol. The second-order valence-corrected chi connectivity index (χ2v) is 8.93. The van der Waals surface area contributed by atoms with Gasteiger partial charge < -0.3 is 14.8 Å². The smallest absolute Gasteiger partial charge is 0.265 e. The first-order valence-corrected chi connectivity index (χ1v) is 11.6. The van der Waals surface area contributed by atoms with Crippen molar-refractivity contribution in [2.45, 2.75) is 11.3 Å². The number of ether oxygens (including phenoxy) is 2. The summed E-state index contributed by atoms with van der Waals surface area (Å²) in [4.78, 5) is 12.5. The van der Waals surface area contributed by atoms with Gasteiger partial charge in [0.1, 0.15) is 12.4 Å². The number of nitrogens with one attached hydrogen (secondary N) is 1. The molecule has 0 aliphatic rings. The van der Waals surface area contributed by atoms with Gasteiger partial charge in [-0.15, -0.1) is 0 Å². The highest BCUT2D eigenvalue weighted by molar-refractivity contribution is 7.92. The van der Waals surface area contributed by atoms with Crippen LogP contribution in [0.2, 0.25) is 0 Å². The highest BCUT2D eigenvalue weighted by Crippen LogP contribution is 2.32. The minimum absolute atomic E-state index is 0.166. The number of benzene rings is 3. The van der Waals surface area contributed by atoms with E-state index in [1.807, 2.05) is 30.3 Å². The standard InChI is InChI=1S/C24H25FN2O5S/c1-31-22-13-12-19(16-23(22)32-2)33(29,30)27(21-11-7-6-10-20(21)25)17-24(28)26-15-14-18-8-4-3-5-9-18/h3-13,16H,14-15,17H2,1-2H3,(H,26,28). The third kappa shape index (κ3) is 5.81. The van der Waals surface area contributed by atoms with Gasteiger partial charge in [0.2, 0.25) is 5.91 Å². The highest BCUT2D eigenvalue weighted by atomic mass is 32.2. The van der Waals surface area contributed by atoms with Crippen molar-refractivity contribution in [3.8, 4) is 11.5 Å². The Bertz CT molecular complexity index is 1200. The summed E-state index contributed by atoms with van der Waals surface area (Å²) in [6, 6.07) is 19.0. The van der Waals surface area contributed by atoms with Crippen molar-refractivity contribution in [3.05, 3.63) is 84.2 Å². The lowest BCUT2D eigenvalue weighted by atomic mass is 10.1. The molecule has 0 radical (unpaired) electrons. The first-order chi connectivity index (χ1) is 15.9. The summed E-state index contributed by atoms with van der Waals surface area (Å²) >= 11 is 0. The molecule has 0 aliphatic heterocycles. The van der Waals surface area contributed by atoms with Crippen molar-refractivity contribution in [1.29, 1.82) is 0 Å². The number of sulfonamides is 1.